The minimum atomic E-state index is -0.253. The van der Waals surface area contributed by atoms with Crippen molar-refractivity contribution in [3.05, 3.63) is 24.2 Å². The average molecular weight is 347 g/mol. The third-order valence-electron chi connectivity index (χ3n) is 4.44. The van der Waals surface area contributed by atoms with Crippen LogP contribution in [-0.4, -0.2) is 40.5 Å². The predicted octanol–water partition coefficient (Wildman–Crippen LogP) is 2.46. The highest BCUT2D eigenvalue weighted by atomic mass is 16.5. The standard InChI is InChI=1S/C17H25N5O3/c1-12-5-2-3-6-13(12)25-10-8-18-17(23)19-11-15-20-16(22-21-15)14-7-4-9-24-14/h4,7,9,12-13H,2-3,5-6,8,10-11H2,1H3,(H2,18,19,23)(H,20,21,22)/t12-,13+/m0/s1. The Morgan fingerprint density at radius 1 is 1.40 bits per heavy atom. The number of aromatic nitrogens is 3. The number of carbonyl (C=O) groups excluding carboxylic acids is 1. The molecule has 0 unspecified atom stereocenters. The van der Waals surface area contributed by atoms with E-state index < -0.39 is 0 Å². The van der Waals surface area contributed by atoms with Gasteiger partial charge in [0.15, 0.2) is 5.76 Å². The Bertz CT molecular complexity index is 655. The van der Waals surface area contributed by atoms with Crippen LogP contribution in [0.2, 0.25) is 0 Å². The van der Waals surface area contributed by atoms with E-state index in [0.717, 1.165) is 6.42 Å². The van der Waals surface area contributed by atoms with E-state index in [9.17, 15) is 4.79 Å². The van der Waals surface area contributed by atoms with E-state index >= 15 is 0 Å². The van der Waals surface area contributed by atoms with Crippen LogP contribution in [0.4, 0.5) is 4.79 Å². The summed E-state index contributed by atoms with van der Waals surface area (Å²) in [7, 11) is 0. The summed E-state index contributed by atoms with van der Waals surface area (Å²) < 4.78 is 11.1. The van der Waals surface area contributed by atoms with Gasteiger partial charge in [0.1, 0.15) is 5.82 Å². The van der Waals surface area contributed by atoms with Crippen LogP contribution in [0.25, 0.3) is 11.6 Å². The summed E-state index contributed by atoms with van der Waals surface area (Å²) in [6.45, 7) is 3.52. The molecule has 1 saturated carbocycles. The third kappa shape index (κ3) is 5.06. The van der Waals surface area contributed by atoms with Crippen molar-refractivity contribution < 1.29 is 13.9 Å². The zero-order chi connectivity index (χ0) is 17.5. The number of nitrogens with one attached hydrogen (secondary N) is 3. The summed E-state index contributed by atoms with van der Waals surface area (Å²) in [6, 6.07) is 3.30. The third-order valence-corrected chi connectivity index (χ3v) is 4.44. The van der Waals surface area contributed by atoms with Gasteiger partial charge < -0.3 is 19.8 Å². The smallest absolute Gasteiger partial charge is 0.315 e. The van der Waals surface area contributed by atoms with E-state index in [4.69, 9.17) is 9.15 Å². The van der Waals surface area contributed by atoms with Crippen molar-refractivity contribution in [2.45, 2.75) is 45.3 Å². The summed E-state index contributed by atoms with van der Waals surface area (Å²) in [5.41, 5.74) is 0. The lowest BCUT2D eigenvalue weighted by atomic mass is 9.88. The molecule has 2 aromatic rings. The molecule has 1 aliphatic carbocycles. The second-order valence-electron chi connectivity index (χ2n) is 6.36. The van der Waals surface area contributed by atoms with Crippen LogP contribution in [0.3, 0.4) is 0 Å². The van der Waals surface area contributed by atoms with E-state index in [0.29, 0.717) is 42.6 Å². The number of ether oxygens (including phenoxy) is 1. The van der Waals surface area contributed by atoms with Crippen molar-refractivity contribution >= 4 is 6.03 Å². The summed E-state index contributed by atoms with van der Waals surface area (Å²) >= 11 is 0. The molecule has 1 fully saturated rings. The van der Waals surface area contributed by atoms with Crippen molar-refractivity contribution in [3.63, 3.8) is 0 Å². The maximum Gasteiger partial charge on any atom is 0.315 e. The zero-order valence-corrected chi connectivity index (χ0v) is 14.5. The number of nitrogens with zero attached hydrogens (tertiary/aromatic N) is 2. The Hall–Kier alpha value is -2.35. The van der Waals surface area contributed by atoms with Gasteiger partial charge in [-0.3, -0.25) is 5.10 Å². The molecule has 136 valence electrons. The molecule has 3 rings (SSSR count). The Labute approximate surface area is 146 Å². The highest BCUT2D eigenvalue weighted by Crippen LogP contribution is 2.25. The molecule has 0 saturated heterocycles. The van der Waals surface area contributed by atoms with Gasteiger partial charge in [0, 0.05) is 6.54 Å². The molecule has 0 aromatic carbocycles. The fourth-order valence-electron chi connectivity index (χ4n) is 3.02. The predicted molar refractivity (Wildman–Crippen MR) is 91.7 cm³/mol. The van der Waals surface area contributed by atoms with Crippen LogP contribution in [0.15, 0.2) is 22.8 Å². The molecular weight excluding hydrogens is 322 g/mol. The minimum Gasteiger partial charge on any atom is -0.461 e. The van der Waals surface area contributed by atoms with Gasteiger partial charge in [-0.15, -0.1) is 5.10 Å². The number of carbonyl (C=O) groups is 1. The molecule has 0 spiro atoms. The first kappa shape index (κ1) is 17.5. The van der Waals surface area contributed by atoms with Crippen LogP contribution >= 0.6 is 0 Å². The van der Waals surface area contributed by atoms with Gasteiger partial charge in [-0.25, -0.2) is 9.78 Å². The van der Waals surface area contributed by atoms with Crippen molar-refractivity contribution in [3.8, 4) is 11.6 Å². The molecule has 8 heteroatoms. The lowest BCUT2D eigenvalue weighted by Crippen LogP contribution is -2.38. The van der Waals surface area contributed by atoms with E-state index in [2.05, 4.69) is 32.7 Å². The lowest BCUT2D eigenvalue weighted by molar-refractivity contribution is -0.00243. The monoisotopic (exact) mass is 347 g/mol. The molecule has 8 nitrogen and oxygen atoms in total. The van der Waals surface area contributed by atoms with Crippen molar-refractivity contribution in [1.82, 2.24) is 25.8 Å². The van der Waals surface area contributed by atoms with Gasteiger partial charge >= 0.3 is 6.03 Å². The SMILES string of the molecule is C[C@H]1CCCC[C@H]1OCCNC(=O)NCc1nc(-c2ccco2)n[nH]1. The van der Waals surface area contributed by atoms with E-state index in [1.807, 2.05) is 0 Å². The second-order valence-corrected chi connectivity index (χ2v) is 6.36. The van der Waals surface area contributed by atoms with E-state index in [-0.39, 0.29) is 12.6 Å². The Morgan fingerprint density at radius 3 is 3.08 bits per heavy atom. The number of rotatable bonds is 7. The summed E-state index contributed by atoms with van der Waals surface area (Å²) in [5.74, 6) is 2.23. The maximum absolute atomic E-state index is 11.8. The highest BCUT2D eigenvalue weighted by molar-refractivity contribution is 5.73. The van der Waals surface area contributed by atoms with Crippen LogP contribution < -0.4 is 10.6 Å². The lowest BCUT2D eigenvalue weighted by Gasteiger charge is -2.28. The molecule has 3 N–H and O–H groups in total. The van der Waals surface area contributed by atoms with Crippen molar-refractivity contribution in [1.29, 1.82) is 0 Å². The summed E-state index contributed by atoms with van der Waals surface area (Å²) in [6.07, 6.45) is 6.78. The molecule has 0 radical (unpaired) electrons. The number of amides is 2. The number of urea groups is 1. The van der Waals surface area contributed by atoms with Crippen LogP contribution in [0.1, 0.15) is 38.4 Å². The first-order valence-corrected chi connectivity index (χ1v) is 8.81. The molecule has 25 heavy (non-hydrogen) atoms. The Balaban J connectivity index is 1.32. The van der Waals surface area contributed by atoms with Gasteiger partial charge in [-0.05, 0) is 30.9 Å². The Morgan fingerprint density at radius 2 is 2.28 bits per heavy atom. The van der Waals surface area contributed by atoms with E-state index in [1.54, 1.807) is 18.4 Å². The number of H-pyrrole nitrogens is 1. The quantitative estimate of drug-likeness (QED) is 0.667. The molecule has 2 amide bonds. The molecule has 0 bridgehead atoms. The summed E-state index contributed by atoms with van der Waals surface area (Å²) in [5, 5.41) is 12.3. The normalized spacial score (nSPS) is 20.4. The highest BCUT2D eigenvalue weighted by Gasteiger charge is 2.21. The van der Waals surface area contributed by atoms with Gasteiger partial charge in [0.25, 0.3) is 0 Å². The molecule has 2 atom stereocenters. The zero-order valence-electron chi connectivity index (χ0n) is 14.5. The van der Waals surface area contributed by atoms with Crippen LogP contribution in [0, 0.1) is 5.92 Å². The van der Waals surface area contributed by atoms with Gasteiger partial charge in [0.05, 0.1) is 25.5 Å². The van der Waals surface area contributed by atoms with Gasteiger partial charge in [-0.1, -0.05) is 19.8 Å². The van der Waals surface area contributed by atoms with Gasteiger partial charge in [-0.2, -0.15) is 0 Å². The topological polar surface area (TPSA) is 105 Å². The molecule has 0 aliphatic heterocycles. The largest absolute Gasteiger partial charge is 0.461 e. The average Bonchev–Trinajstić information content (AvgIpc) is 3.29. The first-order chi connectivity index (χ1) is 12.2. The minimum absolute atomic E-state index is 0.253. The number of aromatic amines is 1. The van der Waals surface area contributed by atoms with Gasteiger partial charge in [0.2, 0.25) is 5.82 Å². The van der Waals surface area contributed by atoms with Crippen molar-refractivity contribution in [2.24, 2.45) is 5.92 Å². The fraction of sp³-hybridized carbons (Fsp3) is 0.588. The maximum atomic E-state index is 11.8. The summed E-state index contributed by atoms with van der Waals surface area (Å²) in [4.78, 5) is 16.1. The number of hydrogen-bond acceptors (Lipinski definition) is 5. The number of hydrogen-bond donors (Lipinski definition) is 3. The first-order valence-electron chi connectivity index (χ1n) is 8.81. The van der Waals surface area contributed by atoms with Crippen LogP contribution in [-0.2, 0) is 11.3 Å². The molecule has 2 aromatic heterocycles. The second kappa shape index (κ2) is 8.66. The number of furan rings is 1. The van der Waals surface area contributed by atoms with Crippen molar-refractivity contribution in [2.75, 3.05) is 13.2 Å². The van der Waals surface area contributed by atoms with E-state index in [1.165, 1.54) is 19.3 Å². The molecule has 2 heterocycles. The molecule has 1 aliphatic rings. The Kier molecular flexibility index (Phi) is 6.05. The fourth-order valence-corrected chi connectivity index (χ4v) is 3.02. The molecular formula is C17H25N5O3. The van der Waals surface area contributed by atoms with Crippen LogP contribution in [0.5, 0.6) is 0 Å².